The minimum atomic E-state index is -0.393. The number of ether oxygens (including phenoxy) is 1. The number of fused-ring (bicyclic) bond motifs is 1. The Balaban J connectivity index is 2.18. The minimum absolute atomic E-state index is 0.00586. The van der Waals surface area contributed by atoms with Crippen LogP contribution in [0.15, 0.2) is 18.2 Å². The van der Waals surface area contributed by atoms with Gasteiger partial charge < -0.3 is 15.0 Å². The molecule has 1 aromatic carbocycles. The molecule has 0 radical (unpaired) electrons. The molecule has 0 fully saturated rings. The van der Waals surface area contributed by atoms with Gasteiger partial charge in [-0.1, -0.05) is 13.0 Å². The van der Waals surface area contributed by atoms with Gasteiger partial charge in [0.15, 0.2) is 6.10 Å². The second-order valence-electron chi connectivity index (χ2n) is 4.56. The largest absolute Gasteiger partial charge is 0.479 e. The molecular weight excluding hydrogens is 228 g/mol. The maximum atomic E-state index is 11.8. The van der Waals surface area contributed by atoms with Crippen LogP contribution in [-0.4, -0.2) is 32.1 Å². The highest BCUT2D eigenvalue weighted by Gasteiger charge is 2.28. The van der Waals surface area contributed by atoms with Crippen molar-refractivity contribution in [1.29, 1.82) is 0 Å². The lowest BCUT2D eigenvalue weighted by Gasteiger charge is -2.30. The normalized spacial score (nSPS) is 18.5. The van der Waals surface area contributed by atoms with Gasteiger partial charge in [-0.05, 0) is 44.1 Å². The number of benzene rings is 1. The lowest BCUT2D eigenvalue weighted by Crippen LogP contribution is -2.42. The Hall–Kier alpha value is -1.55. The van der Waals surface area contributed by atoms with Gasteiger partial charge in [-0.25, -0.2) is 0 Å². The molecule has 4 nitrogen and oxygen atoms in total. The van der Waals surface area contributed by atoms with Crippen LogP contribution in [0.1, 0.15) is 19.4 Å². The van der Waals surface area contributed by atoms with E-state index in [1.54, 1.807) is 18.9 Å². The van der Waals surface area contributed by atoms with E-state index in [-0.39, 0.29) is 5.91 Å². The fourth-order valence-corrected chi connectivity index (χ4v) is 2.12. The van der Waals surface area contributed by atoms with Crippen LogP contribution in [-0.2, 0) is 11.2 Å². The number of rotatable bonds is 4. The molecule has 4 heteroatoms. The first-order valence-corrected chi connectivity index (χ1v) is 6.41. The quantitative estimate of drug-likeness (QED) is 0.823. The molecule has 1 aliphatic heterocycles. The molecule has 0 aromatic heterocycles. The van der Waals surface area contributed by atoms with Gasteiger partial charge in [-0.2, -0.15) is 0 Å². The summed E-state index contributed by atoms with van der Waals surface area (Å²) in [4.78, 5) is 13.5. The molecule has 1 heterocycles. The van der Waals surface area contributed by atoms with E-state index in [1.807, 2.05) is 12.1 Å². The van der Waals surface area contributed by atoms with Crippen molar-refractivity contribution in [3.8, 4) is 5.75 Å². The van der Waals surface area contributed by atoms with Crippen LogP contribution >= 0.6 is 0 Å². The van der Waals surface area contributed by atoms with Crippen LogP contribution in [0.25, 0.3) is 0 Å². The van der Waals surface area contributed by atoms with Crippen LogP contribution in [0.5, 0.6) is 5.75 Å². The Morgan fingerprint density at radius 2 is 2.22 bits per heavy atom. The van der Waals surface area contributed by atoms with Crippen molar-refractivity contribution in [3.05, 3.63) is 23.8 Å². The zero-order valence-electron chi connectivity index (χ0n) is 11.2. The molecule has 2 rings (SSSR count). The van der Waals surface area contributed by atoms with Gasteiger partial charge in [0, 0.05) is 7.05 Å². The van der Waals surface area contributed by atoms with Crippen LogP contribution in [0, 0.1) is 0 Å². The summed E-state index contributed by atoms with van der Waals surface area (Å²) in [5, 5.41) is 3.29. The average molecular weight is 248 g/mol. The van der Waals surface area contributed by atoms with Crippen LogP contribution < -0.4 is 15.0 Å². The summed E-state index contributed by atoms with van der Waals surface area (Å²) in [5.74, 6) is 0.795. The highest BCUT2D eigenvalue weighted by Crippen LogP contribution is 2.33. The van der Waals surface area contributed by atoms with Crippen molar-refractivity contribution in [2.75, 3.05) is 25.0 Å². The van der Waals surface area contributed by atoms with Gasteiger partial charge in [0.05, 0.1) is 5.69 Å². The predicted octanol–water partition coefficient (Wildman–Crippen LogP) is 1.58. The lowest BCUT2D eigenvalue weighted by atomic mass is 10.1. The molecule has 1 atom stereocenters. The van der Waals surface area contributed by atoms with E-state index in [0.717, 1.165) is 30.9 Å². The summed E-state index contributed by atoms with van der Waals surface area (Å²) < 4.78 is 5.59. The van der Waals surface area contributed by atoms with E-state index in [4.69, 9.17) is 4.74 Å². The third kappa shape index (κ3) is 2.48. The summed E-state index contributed by atoms with van der Waals surface area (Å²) in [6.45, 7) is 5.80. The number of anilines is 1. The Labute approximate surface area is 108 Å². The topological polar surface area (TPSA) is 41.6 Å². The second kappa shape index (κ2) is 5.40. The number of carbonyl (C=O) groups is 1. The van der Waals surface area contributed by atoms with E-state index < -0.39 is 6.10 Å². The van der Waals surface area contributed by atoms with Crippen molar-refractivity contribution in [2.45, 2.75) is 26.4 Å². The van der Waals surface area contributed by atoms with Crippen molar-refractivity contribution in [3.63, 3.8) is 0 Å². The van der Waals surface area contributed by atoms with Crippen molar-refractivity contribution in [1.82, 2.24) is 5.32 Å². The van der Waals surface area contributed by atoms with Crippen molar-refractivity contribution >= 4 is 11.6 Å². The Morgan fingerprint density at radius 3 is 2.94 bits per heavy atom. The number of nitrogens with one attached hydrogen (secondary N) is 1. The molecule has 1 amide bonds. The number of likely N-dealkylation sites (N-methyl/N-ethyl adjacent to an activating group) is 2. The molecule has 0 aliphatic carbocycles. The molecule has 1 unspecified atom stereocenters. The average Bonchev–Trinajstić information content (AvgIpc) is 2.37. The molecule has 98 valence electrons. The van der Waals surface area contributed by atoms with Gasteiger partial charge in [0.25, 0.3) is 5.91 Å². The van der Waals surface area contributed by atoms with Gasteiger partial charge in [-0.15, -0.1) is 0 Å². The summed E-state index contributed by atoms with van der Waals surface area (Å²) in [6.07, 6.45) is 0.564. The zero-order valence-corrected chi connectivity index (χ0v) is 11.2. The third-order valence-electron chi connectivity index (χ3n) is 3.21. The van der Waals surface area contributed by atoms with Crippen molar-refractivity contribution in [2.24, 2.45) is 0 Å². The summed E-state index contributed by atoms with van der Waals surface area (Å²) >= 11 is 0. The number of hydrogen-bond donors (Lipinski definition) is 1. The first-order chi connectivity index (χ1) is 8.63. The predicted molar refractivity (Wildman–Crippen MR) is 72.2 cm³/mol. The first-order valence-electron chi connectivity index (χ1n) is 6.41. The number of nitrogens with zero attached hydrogens (tertiary/aromatic N) is 1. The third-order valence-corrected chi connectivity index (χ3v) is 3.21. The molecule has 18 heavy (non-hydrogen) atoms. The highest BCUT2D eigenvalue weighted by atomic mass is 16.5. The summed E-state index contributed by atoms with van der Waals surface area (Å²) in [7, 11) is 1.80. The monoisotopic (exact) mass is 248 g/mol. The molecule has 1 aromatic rings. The SMILES string of the molecule is CCNCCc1ccc2c(c1)N(C)C(=O)C(C)O2. The molecule has 0 saturated carbocycles. The lowest BCUT2D eigenvalue weighted by molar-refractivity contribution is -0.125. The van der Waals surface area contributed by atoms with E-state index >= 15 is 0 Å². The minimum Gasteiger partial charge on any atom is -0.479 e. The zero-order chi connectivity index (χ0) is 13.1. The first kappa shape index (κ1) is 12.9. The number of amides is 1. The van der Waals surface area contributed by atoms with E-state index in [2.05, 4.69) is 18.3 Å². The fourth-order valence-electron chi connectivity index (χ4n) is 2.12. The standard InChI is InChI=1S/C14H20N2O2/c1-4-15-8-7-11-5-6-13-12(9-11)16(3)14(17)10(2)18-13/h5-6,9-10,15H,4,7-8H2,1-3H3. The Bertz CT molecular complexity index is 445. The smallest absolute Gasteiger partial charge is 0.267 e. The van der Waals surface area contributed by atoms with Gasteiger partial charge in [0.2, 0.25) is 0 Å². The Kier molecular flexibility index (Phi) is 3.87. The fraction of sp³-hybridized carbons (Fsp3) is 0.500. The molecule has 0 saturated heterocycles. The maximum Gasteiger partial charge on any atom is 0.267 e. The summed E-state index contributed by atoms with van der Waals surface area (Å²) in [5.41, 5.74) is 2.08. The molecule has 1 N–H and O–H groups in total. The van der Waals surface area contributed by atoms with E-state index in [0.29, 0.717) is 0 Å². The molecule has 0 spiro atoms. The van der Waals surface area contributed by atoms with Gasteiger partial charge in [0.1, 0.15) is 5.75 Å². The number of carbonyl (C=O) groups excluding carboxylic acids is 1. The highest BCUT2D eigenvalue weighted by molar-refractivity contribution is 5.99. The van der Waals surface area contributed by atoms with E-state index in [1.165, 1.54) is 5.56 Å². The van der Waals surface area contributed by atoms with E-state index in [9.17, 15) is 4.79 Å². The van der Waals surface area contributed by atoms with Crippen LogP contribution in [0.4, 0.5) is 5.69 Å². The Morgan fingerprint density at radius 1 is 1.44 bits per heavy atom. The van der Waals surface area contributed by atoms with Crippen molar-refractivity contribution < 1.29 is 9.53 Å². The maximum absolute atomic E-state index is 11.8. The molecule has 1 aliphatic rings. The van der Waals surface area contributed by atoms with Gasteiger partial charge in [-0.3, -0.25) is 4.79 Å². The van der Waals surface area contributed by atoms with Crippen LogP contribution in [0.2, 0.25) is 0 Å². The number of hydrogen-bond acceptors (Lipinski definition) is 3. The summed E-state index contributed by atoms with van der Waals surface area (Å²) in [6, 6.07) is 6.05. The van der Waals surface area contributed by atoms with Crippen LogP contribution in [0.3, 0.4) is 0 Å². The molecule has 0 bridgehead atoms. The van der Waals surface area contributed by atoms with Gasteiger partial charge >= 0.3 is 0 Å². The molecular formula is C14H20N2O2. The second-order valence-corrected chi connectivity index (χ2v) is 4.56.